The summed E-state index contributed by atoms with van der Waals surface area (Å²) >= 11 is 12.5. The lowest BCUT2D eigenvalue weighted by Crippen LogP contribution is -2.29. The number of phenolic OH excluding ortho intramolecular Hbond substituents is 2. The maximum Gasteiger partial charge on any atom is 0.300 e. The first kappa shape index (κ1) is 25.2. The van der Waals surface area contributed by atoms with E-state index >= 15 is 0 Å². The van der Waals surface area contributed by atoms with Crippen LogP contribution in [0, 0.1) is 0 Å². The number of anilines is 1. The molecule has 3 aromatic rings. The lowest BCUT2D eigenvalue weighted by Gasteiger charge is -2.26. The van der Waals surface area contributed by atoms with Crippen molar-refractivity contribution in [1.82, 2.24) is 0 Å². The largest absolute Gasteiger partial charge is 0.507 e. The van der Waals surface area contributed by atoms with Crippen LogP contribution in [0.1, 0.15) is 24.1 Å². The zero-order valence-electron chi connectivity index (χ0n) is 19.2. The molecule has 1 saturated heterocycles. The number of benzene rings is 3. The van der Waals surface area contributed by atoms with Gasteiger partial charge in [0.1, 0.15) is 17.3 Å². The molecule has 0 saturated carbocycles. The van der Waals surface area contributed by atoms with Gasteiger partial charge in [-0.25, -0.2) is 0 Å². The van der Waals surface area contributed by atoms with Crippen molar-refractivity contribution in [3.05, 3.63) is 81.3 Å². The Morgan fingerprint density at radius 1 is 1.00 bits per heavy atom. The number of phenols is 2. The summed E-state index contributed by atoms with van der Waals surface area (Å²) in [5.41, 5.74) is 0.0487. The highest BCUT2D eigenvalue weighted by Crippen LogP contribution is 2.47. The molecular weight excluding hydrogens is 509 g/mol. The number of ether oxygens (including phenoxy) is 2. The molecule has 8 nitrogen and oxygen atoms in total. The molecular formula is C26H21Cl2NO7. The number of methoxy groups -OCH3 is 1. The van der Waals surface area contributed by atoms with Crippen molar-refractivity contribution in [3.63, 3.8) is 0 Å². The number of nitrogens with zero attached hydrogens (tertiary/aromatic N) is 1. The van der Waals surface area contributed by atoms with Gasteiger partial charge in [0.2, 0.25) is 0 Å². The second-order valence-electron chi connectivity index (χ2n) is 7.81. The number of Topliss-reactive ketones (excluding diaryl/α,β-unsaturated/α-hetero) is 1. The highest BCUT2D eigenvalue weighted by atomic mass is 35.5. The van der Waals surface area contributed by atoms with Crippen LogP contribution in [0.3, 0.4) is 0 Å². The molecule has 1 aliphatic rings. The van der Waals surface area contributed by atoms with Crippen molar-refractivity contribution in [2.75, 3.05) is 18.6 Å². The topological polar surface area (TPSA) is 117 Å². The predicted octanol–water partition coefficient (Wildman–Crippen LogP) is 5.44. The molecule has 0 aliphatic carbocycles. The van der Waals surface area contributed by atoms with E-state index in [1.165, 1.54) is 55.6 Å². The molecule has 10 heteroatoms. The molecule has 0 radical (unpaired) electrons. The van der Waals surface area contributed by atoms with E-state index in [-0.39, 0.29) is 50.7 Å². The number of ketones is 1. The van der Waals surface area contributed by atoms with Gasteiger partial charge in [0, 0.05) is 10.6 Å². The monoisotopic (exact) mass is 529 g/mol. The average Bonchev–Trinajstić information content (AvgIpc) is 3.12. The average molecular weight is 530 g/mol. The second-order valence-corrected chi connectivity index (χ2v) is 8.65. The number of carbonyl (C=O) groups is 2. The molecule has 4 rings (SSSR count). The van der Waals surface area contributed by atoms with Gasteiger partial charge in [-0.3, -0.25) is 14.5 Å². The Morgan fingerprint density at radius 3 is 2.42 bits per heavy atom. The molecule has 1 fully saturated rings. The van der Waals surface area contributed by atoms with Crippen molar-refractivity contribution in [1.29, 1.82) is 0 Å². The molecule has 1 unspecified atom stereocenters. The minimum Gasteiger partial charge on any atom is -0.507 e. The Kier molecular flexibility index (Phi) is 7.01. The van der Waals surface area contributed by atoms with Crippen LogP contribution in [0.2, 0.25) is 10.0 Å². The van der Waals surface area contributed by atoms with E-state index in [1.54, 1.807) is 13.0 Å². The Bertz CT molecular complexity index is 1400. The summed E-state index contributed by atoms with van der Waals surface area (Å²) in [6.45, 7) is 1.97. The third-order valence-corrected chi connectivity index (χ3v) is 6.23. The van der Waals surface area contributed by atoms with Gasteiger partial charge in [-0.2, -0.15) is 0 Å². The van der Waals surface area contributed by atoms with Crippen molar-refractivity contribution in [3.8, 4) is 23.0 Å². The summed E-state index contributed by atoms with van der Waals surface area (Å²) in [6, 6.07) is 11.6. The van der Waals surface area contributed by atoms with Crippen LogP contribution in [0.15, 0.2) is 60.2 Å². The zero-order valence-corrected chi connectivity index (χ0v) is 20.7. The number of aromatic hydroxyl groups is 2. The van der Waals surface area contributed by atoms with Gasteiger partial charge < -0.3 is 24.8 Å². The van der Waals surface area contributed by atoms with Gasteiger partial charge >= 0.3 is 0 Å². The van der Waals surface area contributed by atoms with Gasteiger partial charge in [-0.15, -0.1) is 0 Å². The Morgan fingerprint density at radius 2 is 1.72 bits per heavy atom. The van der Waals surface area contributed by atoms with E-state index in [0.717, 1.165) is 4.90 Å². The first-order chi connectivity index (χ1) is 17.2. The van der Waals surface area contributed by atoms with E-state index in [2.05, 4.69) is 0 Å². The number of carbonyl (C=O) groups excluding carboxylic acids is 2. The second kappa shape index (κ2) is 10.0. The van der Waals surface area contributed by atoms with Gasteiger partial charge in [-0.05, 0) is 61.0 Å². The number of amides is 1. The lowest BCUT2D eigenvalue weighted by molar-refractivity contribution is -0.132. The van der Waals surface area contributed by atoms with Crippen molar-refractivity contribution in [2.45, 2.75) is 13.0 Å². The van der Waals surface area contributed by atoms with Gasteiger partial charge in [0.15, 0.2) is 11.5 Å². The molecule has 1 amide bonds. The summed E-state index contributed by atoms with van der Waals surface area (Å²) in [4.78, 5) is 27.7. The molecule has 1 aliphatic heterocycles. The third kappa shape index (κ3) is 4.41. The lowest BCUT2D eigenvalue weighted by atomic mass is 9.94. The highest BCUT2D eigenvalue weighted by molar-refractivity contribution is 6.52. The van der Waals surface area contributed by atoms with Gasteiger partial charge in [-0.1, -0.05) is 29.3 Å². The first-order valence-electron chi connectivity index (χ1n) is 10.8. The maximum absolute atomic E-state index is 13.3. The molecule has 1 atom stereocenters. The van der Waals surface area contributed by atoms with Crippen molar-refractivity contribution < 1.29 is 34.4 Å². The van der Waals surface area contributed by atoms with Crippen molar-refractivity contribution >= 4 is 46.3 Å². The maximum atomic E-state index is 13.3. The molecule has 1 heterocycles. The molecule has 0 spiro atoms. The van der Waals surface area contributed by atoms with Gasteiger partial charge in [0.05, 0.1) is 36.0 Å². The fourth-order valence-corrected chi connectivity index (χ4v) is 4.39. The van der Waals surface area contributed by atoms with Gasteiger partial charge in [0.25, 0.3) is 11.7 Å². The number of hydrogen-bond acceptors (Lipinski definition) is 7. The number of rotatable bonds is 6. The quantitative estimate of drug-likeness (QED) is 0.221. The van der Waals surface area contributed by atoms with Crippen LogP contribution >= 0.6 is 23.2 Å². The smallest absolute Gasteiger partial charge is 0.300 e. The minimum atomic E-state index is -1.23. The SMILES string of the molecule is CCOc1cc(C2/C(=C(\O)c3cc(OC)ccc3Cl)C(=O)C(=O)N2c2cc(Cl)ccc2O)ccc1O. The summed E-state index contributed by atoms with van der Waals surface area (Å²) in [5, 5.41) is 32.4. The summed E-state index contributed by atoms with van der Waals surface area (Å²) in [6.07, 6.45) is 0. The summed E-state index contributed by atoms with van der Waals surface area (Å²) in [7, 11) is 1.43. The van der Waals surface area contributed by atoms with Crippen LogP contribution in [-0.2, 0) is 9.59 Å². The van der Waals surface area contributed by atoms with Crippen LogP contribution in [-0.4, -0.2) is 40.7 Å². The van der Waals surface area contributed by atoms with Crippen molar-refractivity contribution in [2.24, 2.45) is 0 Å². The fraction of sp³-hybridized carbons (Fsp3) is 0.154. The number of halogens is 2. The van der Waals surface area contributed by atoms with E-state index in [1.807, 2.05) is 0 Å². The van der Waals surface area contributed by atoms with Crippen LogP contribution in [0.5, 0.6) is 23.0 Å². The molecule has 3 aromatic carbocycles. The van der Waals surface area contributed by atoms with E-state index < -0.39 is 23.5 Å². The molecule has 3 N–H and O–H groups in total. The number of aliphatic hydroxyl groups is 1. The minimum absolute atomic E-state index is 0.0450. The number of hydrogen-bond donors (Lipinski definition) is 3. The standard InChI is InChI=1S/C26H21Cl2NO7/c1-3-36-21-10-13(4-8-20(21)31)23-22(24(32)16-12-15(35-2)6-7-17(16)28)25(33)26(34)29(23)18-11-14(27)5-9-19(18)30/h4-12,23,30-32H,3H2,1-2H3/b24-22+. The van der Waals surface area contributed by atoms with E-state index in [0.29, 0.717) is 11.3 Å². The Hall–Kier alpha value is -3.88. The predicted molar refractivity (Wildman–Crippen MR) is 135 cm³/mol. The fourth-order valence-electron chi connectivity index (χ4n) is 4.02. The molecule has 36 heavy (non-hydrogen) atoms. The Labute approximate surface area is 216 Å². The highest BCUT2D eigenvalue weighted by Gasteiger charge is 2.48. The molecule has 0 aromatic heterocycles. The van der Waals surface area contributed by atoms with Crippen LogP contribution in [0.4, 0.5) is 5.69 Å². The van der Waals surface area contributed by atoms with Crippen LogP contribution < -0.4 is 14.4 Å². The van der Waals surface area contributed by atoms with Crippen LogP contribution in [0.25, 0.3) is 5.76 Å². The summed E-state index contributed by atoms with van der Waals surface area (Å²) < 4.78 is 10.7. The normalized spacial score (nSPS) is 16.9. The molecule has 186 valence electrons. The Balaban J connectivity index is 2.02. The number of aliphatic hydroxyl groups excluding tert-OH is 1. The third-order valence-electron chi connectivity index (χ3n) is 5.67. The van der Waals surface area contributed by atoms with E-state index in [9.17, 15) is 24.9 Å². The summed E-state index contributed by atoms with van der Waals surface area (Å²) in [5.74, 6) is -2.56. The molecule has 0 bridgehead atoms. The zero-order chi connectivity index (χ0) is 26.1. The first-order valence-corrected chi connectivity index (χ1v) is 11.5. The van der Waals surface area contributed by atoms with E-state index in [4.69, 9.17) is 32.7 Å².